The highest BCUT2D eigenvalue weighted by Gasteiger charge is 2.33. The molecule has 1 amide bonds. The molecular formula is C15H25NO3S. The zero-order valence-corrected chi connectivity index (χ0v) is 13.0. The first-order chi connectivity index (χ1) is 9.61. The first kappa shape index (κ1) is 15.7. The van der Waals surface area contributed by atoms with Crippen LogP contribution in [0.4, 0.5) is 0 Å². The number of carboxylic acid groups (broad SMARTS) is 1. The molecule has 2 aliphatic carbocycles. The quantitative estimate of drug-likeness (QED) is 0.837. The van der Waals surface area contributed by atoms with E-state index >= 15 is 0 Å². The summed E-state index contributed by atoms with van der Waals surface area (Å²) in [6.07, 6.45) is 9.70. The summed E-state index contributed by atoms with van der Waals surface area (Å²) in [4.78, 5) is 23.5. The third-order valence-corrected chi connectivity index (χ3v) is 5.90. The van der Waals surface area contributed by atoms with E-state index in [2.05, 4.69) is 11.6 Å². The lowest BCUT2D eigenvalue weighted by atomic mass is 9.80. The van der Waals surface area contributed by atoms with Crippen LogP contribution in [0.2, 0.25) is 0 Å². The zero-order chi connectivity index (χ0) is 14.5. The highest BCUT2D eigenvalue weighted by Crippen LogP contribution is 2.31. The molecule has 5 heteroatoms. The molecule has 0 aromatic heterocycles. The van der Waals surface area contributed by atoms with Crippen LogP contribution in [0.1, 0.15) is 51.4 Å². The van der Waals surface area contributed by atoms with Crippen molar-refractivity contribution in [2.24, 2.45) is 11.8 Å². The van der Waals surface area contributed by atoms with E-state index in [0.717, 1.165) is 25.7 Å². The van der Waals surface area contributed by atoms with Gasteiger partial charge < -0.3 is 10.4 Å². The summed E-state index contributed by atoms with van der Waals surface area (Å²) in [6.45, 7) is 0. The molecule has 114 valence electrons. The number of rotatable bonds is 4. The molecule has 2 saturated carbocycles. The van der Waals surface area contributed by atoms with Crippen LogP contribution in [0.5, 0.6) is 0 Å². The fourth-order valence-corrected chi connectivity index (χ4v) is 4.43. The van der Waals surface area contributed by atoms with E-state index in [0.29, 0.717) is 11.7 Å². The molecule has 4 unspecified atom stereocenters. The Morgan fingerprint density at radius 3 is 2.45 bits per heavy atom. The van der Waals surface area contributed by atoms with Crippen LogP contribution in [0.25, 0.3) is 0 Å². The molecule has 0 aromatic carbocycles. The van der Waals surface area contributed by atoms with Gasteiger partial charge in [0.25, 0.3) is 0 Å². The Bertz CT molecular complexity index is 361. The van der Waals surface area contributed by atoms with Crippen molar-refractivity contribution in [2.45, 2.75) is 62.7 Å². The van der Waals surface area contributed by atoms with Crippen LogP contribution in [0.15, 0.2) is 0 Å². The third-order valence-electron chi connectivity index (χ3n) is 4.73. The van der Waals surface area contributed by atoms with Crippen LogP contribution in [-0.2, 0) is 9.59 Å². The van der Waals surface area contributed by atoms with Gasteiger partial charge in [-0.15, -0.1) is 0 Å². The van der Waals surface area contributed by atoms with Gasteiger partial charge in [-0.3, -0.25) is 9.59 Å². The van der Waals surface area contributed by atoms with Gasteiger partial charge in [0.2, 0.25) is 5.91 Å². The van der Waals surface area contributed by atoms with Crippen LogP contribution in [0.3, 0.4) is 0 Å². The number of aliphatic carboxylic acids is 1. The van der Waals surface area contributed by atoms with Crippen molar-refractivity contribution in [3.63, 3.8) is 0 Å². The molecule has 2 fully saturated rings. The Morgan fingerprint density at radius 1 is 1.05 bits per heavy atom. The van der Waals surface area contributed by atoms with Crippen molar-refractivity contribution in [3.8, 4) is 0 Å². The van der Waals surface area contributed by atoms with E-state index in [1.54, 1.807) is 0 Å². The zero-order valence-electron chi connectivity index (χ0n) is 12.1. The smallest absolute Gasteiger partial charge is 0.306 e. The number of carbonyl (C=O) groups is 2. The summed E-state index contributed by atoms with van der Waals surface area (Å²) >= 11 is 1.84. The number of hydrogen-bond donors (Lipinski definition) is 2. The van der Waals surface area contributed by atoms with E-state index in [1.165, 1.54) is 19.3 Å². The van der Waals surface area contributed by atoms with E-state index in [1.807, 2.05) is 11.8 Å². The molecule has 2 N–H and O–H groups in total. The summed E-state index contributed by atoms with van der Waals surface area (Å²) in [5.41, 5.74) is 0. The summed E-state index contributed by atoms with van der Waals surface area (Å²) in [5, 5.41) is 12.8. The van der Waals surface area contributed by atoms with Crippen molar-refractivity contribution in [3.05, 3.63) is 0 Å². The second kappa shape index (κ2) is 7.34. The largest absolute Gasteiger partial charge is 0.481 e. The second-order valence-corrected chi connectivity index (χ2v) is 7.15. The molecule has 0 saturated heterocycles. The van der Waals surface area contributed by atoms with E-state index in [9.17, 15) is 9.59 Å². The SMILES string of the molecule is CSC1CCCCC1NC(=O)C1CCCC(C(=O)O)C1. The van der Waals surface area contributed by atoms with Crippen molar-refractivity contribution >= 4 is 23.6 Å². The third kappa shape index (κ3) is 3.90. The molecule has 0 radical (unpaired) electrons. The lowest BCUT2D eigenvalue weighted by molar-refractivity contribution is -0.144. The number of thioether (sulfide) groups is 1. The lowest BCUT2D eigenvalue weighted by Gasteiger charge is -2.33. The van der Waals surface area contributed by atoms with Crippen molar-refractivity contribution in [2.75, 3.05) is 6.26 Å². The van der Waals surface area contributed by atoms with Crippen molar-refractivity contribution in [1.82, 2.24) is 5.32 Å². The monoisotopic (exact) mass is 299 g/mol. The predicted octanol–water partition coefficient (Wildman–Crippen LogP) is 2.67. The number of amides is 1. The van der Waals surface area contributed by atoms with Gasteiger partial charge in [-0.05, 0) is 38.4 Å². The van der Waals surface area contributed by atoms with Gasteiger partial charge in [0.05, 0.1) is 5.92 Å². The minimum atomic E-state index is -0.748. The topological polar surface area (TPSA) is 66.4 Å². The Balaban J connectivity index is 1.88. The highest BCUT2D eigenvalue weighted by atomic mass is 32.2. The number of carbonyl (C=O) groups excluding carboxylic acids is 1. The Morgan fingerprint density at radius 2 is 1.75 bits per heavy atom. The average molecular weight is 299 g/mol. The summed E-state index contributed by atoms with van der Waals surface area (Å²) < 4.78 is 0. The number of nitrogens with one attached hydrogen (secondary N) is 1. The Hall–Kier alpha value is -0.710. The summed E-state index contributed by atoms with van der Waals surface area (Å²) in [6, 6.07) is 0.274. The van der Waals surface area contributed by atoms with Crippen molar-refractivity contribution in [1.29, 1.82) is 0 Å². The molecular weight excluding hydrogens is 274 g/mol. The fraction of sp³-hybridized carbons (Fsp3) is 0.867. The van der Waals surface area contributed by atoms with Gasteiger partial charge in [0.1, 0.15) is 0 Å². The maximum atomic E-state index is 12.4. The van der Waals surface area contributed by atoms with Gasteiger partial charge in [-0.1, -0.05) is 19.3 Å². The first-order valence-electron chi connectivity index (χ1n) is 7.67. The number of hydrogen-bond acceptors (Lipinski definition) is 3. The summed E-state index contributed by atoms with van der Waals surface area (Å²) in [7, 11) is 0. The highest BCUT2D eigenvalue weighted by molar-refractivity contribution is 7.99. The molecule has 4 atom stereocenters. The summed E-state index contributed by atoms with van der Waals surface area (Å²) in [5.74, 6) is -1.10. The predicted molar refractivity (Wildman–Crippen MR) is 80.8 cm³/mol. The van der Waals surface area contributed by atoms with Crippen LogP contribution >= 0.6 is 11.8 Å². The van der Waals surface area contributed by atoms with Crippen LogP contribution in [-0.4, -0.2) is 34.5 Å². The Kier molecular flexibility index (Phi) is 5.75. The molecule has 0 spiro atoms. The molecule has 0 heterocycles. The minimum Gasteiger partial charge on any atom is -0.481 e. The molecule has 4 nitrogen and oxygen atoms in total. The van der Waals surface area contributed by atoms with Gasteiger partial charge in [0.15, 0.2) is 0 Å². The number of carboxylic acids is 1. The maximum Gasteiger partial charge on any atom is 0.306 e. The van der Waals surface area contributed by atoms with E-state index < -0.39 is 5.97 Å². The van der Waals surface area contributed by atoms with Gasteiger partial charge >= 0.3 is 5.97 Å². The van der Waals surface area contributed by atoms with Gasteiger partial charge in [-0.25, -0.2) is 0 Å². The molecule has 0 aliphatic heterocycles. The molecule has 2 aliphatic rings. The lowest BCUT2D eigenvalue weighted by Crippen LogP contribution is -2.47. The molecule has 0 aromatic rings. The fourth-order valence-electron chi connectivity index (χ4n) is 3.50. The normalized spacial score (nSPS) is 34.5. The second-order valence-electron chi connectivity index (χ2n) is 6.07. The van der Waals surface area contributed by atoms with E-state index in [-0.39, 0.29) is 23.8 Å². The standard InChI is InChI=1S/C15H25NO3S/c1-20-13-8-3-2-7-12(13)16-14(17)10-5-4-6-11(9-10)15(18)19/h10-13H,2-9H2,1H3,(H,16,17)(H,18,19). The molecule has 0 bridgehead atoms. The Labute approximate surface area is 125 Å². The van der Waals surface area contributed by atoms with E-state index in [4.69, 9.17) is 5.11 Å². The minimum absolute atomic E-state index is 0.0851. The average Bonchev–Trinajstić information content (AvgIpc) is 2.48. The molecule has 2 rings (SSSR count). The van der Waals surface area contributed by atoms with Gasteiger partial charge in [0, 0.05) is 17.2 Å². The maximum absolute atomic E-state index is 12.4. The van der Waals surface area contributed by atoms with Gasteiger partial charge in [-0.2, -0.15) is 11.8 Å². The van der Waals surface area contributed by atoms with Crippen molar-refractivity contribution < 1.29 is 14.7 Å². The first-order valence-corrected chi connectivity index (χ1v) is 8.96. The van der Waals surface area contributed by atoms with Crippen LogP contribution in [0, 0.1) is 11.8 Å². The van der Waals surface area contributed by atoms with Crippen LogP contribution < -0.4 is 5.32 Å². The molecule has 20 heavy (non-hydrogen) atoms.